The molecule has 15 heavy (non-hydrogen) atoms. The lowest BCUT2D eigenvalue weighted by atomic mass is 10.2. The van der Waals surface area contributed by atoms with Crippen molar-refractivity contribution in [3.8, 4) is 5.88 Å². The molecular formula is C8H6F3NO3. The number of rotatable bonds is 1. The summed E-state index contributed by atoms with van der Waals surface area (Å²) in [7, 11) is 1.05. The molecule has 0 saturated heterocycles. The Balaban J connectivity index is 3.15. The van der Waals surface area contributed by atoms with Crippen molar-refractivity contribution >= 4 is 5.97 Å². The average Bonchev–Trinajstić information content (AvgIpc) is 2.14. The largest absolute Gasteiger partial charge is 0.493 e. The van der Waals surface area contributed by atoms with Crippen LogP contribution in [0.15, 0.2) is 12.1 Å². The monoisotopic (exact) mass is 221 g/mol. The number of halogens is 3. The Labute approximate surface area is 82.3 Å². The summed E-state index contributed by atoms with van der Waals surface area (Å²) in [6.45, 7) is 0. The lowest BCUT2D eigenvalue weighted by Crippen LogP contribution is -2.09. The fraction of sp³-hybridized carbons (Fsp3) is 0.250. The van der Waals surface area contributed by atoms with E-state index in [1.807, 2.05) is 0 Å². The number of aromatic nitrogens is 1. The molecule has 1 aromatic heterocycles. The average molecular weight is 221 g/mol. The Morgan fingerprint density at radius 1 is 1.47 bits per heavy atom. The second-order valence-electron chi connectivity index (χ2n) is 2.56. The van der Waals surface area contributed by atoms with E-state index in [4.69, 9.17) is 5.11 Å². The molecule has 0 unspecified atom stereocenters. The lowest BCUT2D eigenvalue weighted by Gasteiger charge is -2.08. The van der Waals surface area contributed by atoms with Crippen molar-refractivity contribution in [1.82, 2.24) is 4.98 Å². The van der Waals surface area contributed by atoms with Crippen LogP contribution in [0.5, 0.6) is 5.88 Å². The molecule has 0 fully saturated rings. The van der Waals surface area contributed by atoms with E-state index in [0.29, 0.717) is 6.07 Å². The Bertz CT molecular complexity index is 389. The molecule has 7 heteroatoms. The first kappa shape index (κ1) is 11.3. The first-order valence-corrected chi connectivity index (χ1v) is 3.71. The van der Waals surface area contributed by atoms with Gasteiger partial charge in [-0.2, -0.15) is 13.2 Å². The van der Waals surface area contributed by atoms with E-state index in [2.05, 4.69) is 9.72 Å². The van der Waals surface area contributed by atoms with Gasteiger partial charge in [0, 0.05) is 0 Å². The van der Waals surface area contributed by atoms with Crippen molar-refractivity contribution in [2.24, 2.45) is 0 Å². The molecule has 0 aromatic carbocycles. The number of hydrogen-bond donors (Lipinski definition) is 1. The minimum absolute atomic E-state index is 0.386. The van der Waals surface area contributed by atoms with E-state index < -0.39 is 23.6 Å². The summed E-state index contributed by atoms with van der Waals surface area (Å²) in [5.41, 5.74) is -1.68. The third kappa shape index (κ3) is 2.36. The minimum Gasteiger partial charge on any atom is -0.493 e. The Morgan fingerprint density at radius 2 is 2.07 bits per heavy atom. The van der Waals surface area contributed by atoms with Crippen LogP contribution >= 0.6 is 0 Å². The number of methoxy groups -OCH3 is 1. The molecule has 0 amide bonds. The van der Waals surface area contributed by atoms with Crippen LogP contribution in [-0.2, 0) is 10.9 Å². The SMILES string of the molecule is COC(=O)c1ccc(C(F)(F)F)c(O)n1. The number of ether oxygens (including phenoxy) is 1. The first-order chi connectivity index (χ1) is 6.86. The van der Waals surface area contributed by atoms with Gasteiger partial charge in [0.2, 0.25) is 5.88 Å². The number of pyridine rings is 1. The van der Waals surface area contributed by atoms with Crippen LogP contribution in [0.1, 0.15) is 16.1 Å². The number of carbonyl (C=O) groups is 1. The summed E-state index contributed by atoms with van der Waals surface area (Å²) >= 11 is 0. The number of carbonyl (C=O) groups excluding carboxylic acids is 1. The highest BCUT2D eigenvalue weighted by Gasteiger charge is 2.35. The van der Waals surface area contributed by atoms with Gasteiger partial charge >= 0.3 is 12.1 Å². The molecule has 0 aliphatic carbocycles. The van der Waals surface area contributed by atoms with Crippen LogP contribution in [0, 0.1) is 0 Å². The Hall–Kier alpha value is -1.79. The van der Waals surface area contributed by atoms with Gasteiger partial charge in [0.15, 0.2) is 5.69 Å². The molecule has 1 rings (SSSR count). The molecule has 1 aromatic rings. The number of alkyl halides is 3. The Morgan fingerprint density at radius 3 is 2.47 bits per heavy atom. The van der Waals surface area contributed by atoms with Gasteiger partial charge in [-0.3, -0.25) is 0 Å². The summed E-state index contributed by atoms with van der Waals surface area (Å²) in [5.74, 6) is -2.16. The summed E-state index contributed by atoms with van der Waals surface area (Å²) in [6, 6.07) is 1.39. The van der Waals surface area contributed by atoms with Crippen molar-refractivity contribution < 1.29 is 27.8 Å². The summed E-state index contributed by atoms with van der Waals surface area (Å²) in [5, 5.41) is 8.93. The molecule has 0 spiro atoms. The van der Waals surface area contributed by atoms with Gasteiger partial charge in [-0.15, -0.1) is 0 Å². The molecule has 82 valence electrons. The van der Waals surface area contributed by atoms with E-state index in [0.717, 1.165) is 13.2 Å². The van der Waals surface area contributed by atoms with Crippen molar-refractivity contribution in [2.45, 2.75) is 6.18 Å². The summed E-state index contributed by atoms with van der Waals surface area (Å²) in [6.07, 6.45) is -4.70. The van der Waals surface area contributed by atoms with E-state index >= 15 is 0 Å². The summed E-state index contributed by atoms with van der Waals surface area (Å²) in [4.78, 5) is 13.9. The van der Waals surface area contributed by atoms with Crippen LogP contribution in [0.25, 0.3) is 0 Å². The number of esters is 1. The van der Waals surface area contributed by atoms with Crippen molar-refractivity contribution in [1.29, 1.82) is 0 Å². The fourth-order valence-electron chi connectivity index (χ4n) is 0.888. The zero-order valence-electron chi connectivity index (χ0n) is 7.50. The Kier molecular flexibility index (Phi) is 2.83. The van der Waals surface area contributed by atoms with Gasteiger partial charge in [-0.25, -0.2) is 9.78 Å². The van der Waals surface area contributed by atoms with Crippen LogP contribution < -0.4 is 0 Å². The number of hydrogen-bond acceptors (Lipinski definition) is 4. The second kappa shape index (κ2) is 3.76. The van der Waals surface area contributed by atoms with E-state index in [1.54, 1.807) is 0 Å². The van der Waals surface area contributed by atoms with Gasteiger partial charge in [0.05, 0.1) is 7.11 Å². The van der Waals surface area contributed by atoms with Gasteiger partial charge in [-0.1, -0.05) is 0 Å². The zero-order valence-corrected chi connectivity index (χ0v) is 7.50. The highest BCUT2D eigenvalue weighted by molar-refractivity contribution is 5.87. The van der Waals surface area contributed by atoms with Crippen LogP contribution in [-0.4, -0.2) is 23.2 Å². The molecule has 1 heterocycles. The predicted octanol–water partition coefficient (Wildman–Crippen LogP) is 1.59. The maximum atomic E-state index is 12.1. The fourth-order valence-corrected chi connectivity index (χ4v) is 0.888. The van der Waals surface area contributed by atoms with E-state index in [1.165, 1.54) is 0 Å². The maximum absolute atomic E-state index is 12.1. The highest BCUT2D eigenvalue weighted by atomic mass is 19.4. The molecule has 0 aliphatic rings. The first-order valence-electron chi connectivity index (χ1n) is 3.71. The lowest BCUT2D eigenvalue weighted by molar-refractivity contribution is -0.139. The molecule has 0 radical (unpaired) electrons. The molecule has 0 aliphatic heterocycles. The van der Waals surface area contributed by atoms with Gasteiger partial charge in [0.25, 0.3) is 0 Å². The standard InChI is InChI=1S/C8H6F3NO3/c1-15-7(14)5-3-2-4(6(13)12-5)8(9,10)11/h2-3H,1H3,(H,12,13). The number of aromatic hydroxyl groups is 1. The predicted molar refractivity (Wildman–Crippen MR) is 42.2 cm³/mol. The van der Waals surface area contributed by atoms with E-state index in [-0.39, 0.29) is 5.69 Å². The van der Waals surface area contributed by atoms with Gasteiger partial charge in [-0.05, 0) is 12.1 Å². The second-order valence-corrected chi connectivity index (χ2v) is 2.56. The highest BCUT2D eigenvalue weighted by Crippen LogP contribution is 2.34. The topological polar surface area (TPSA) is 59.4 Å². The molecule has 0 saturated carbocycles. The van der Waals surface area contributed by atoms with Crippen molar-refractivity contribution in [3.63, 3.8) is 0 Å². The molecular weight excluding hydrogens is 215 g/mol. The third-order valence-corrected chi connectivity index (χ3v) is 1.58. The van der Waals surface area contributed by atoms with Gasteiger partial charge < -0.3 is 9.84 Å². The van der Waals surface area contributed by atoms with Crippen LogP contribution in [0.2, 0.25) is 0 Å². The smallest absolute Gasteiger partial charge is 0.421 e. The van der Waals surface area contributed by atoms with E-state index in [9.17, 15) is 18.0 Å². The normalized spacial score (nSPS) is 11.2. The minimum atomic E-state index is -4.70. The molecule has 0 bridgehead atoms. The third-order valence-electron chi connectivity index (χ3n) is 1.58. The van der Waals surface area contributed by atoms with Crippen molar-refractivity contribution in [3.05, 3.63) is 23.4 Å². The maximum Gasteiger partial charge on any atom is 0.421 e. The van der Waals surface area contributed by atoms with Crippen molar-refractivity contribution in [2.75, 3.05) is 7.11 Å². The zero-order chi connectivity index (χ0) is 11.6. The number of nitrogens with zero attached hydrogens (tertiary/aromatic N) is 1. The van der Waals surface area contributed by atoms with Crippen LogP contribution in [0.3, 0.4) is 0 Å². The molecule has 4 nitrogen and oxygen atoms in total. The quantitative estimate of drug-likeness (QED) is 0.731. The van der Waals surface area contributed by atoms with Crippen LogP contribution in [0.4, 0.5) is 13.2 Å². The molecule has 1 N–H and O–H groups in total. The molecule has 0 atom stereocenters. The summed E-state index contributed by atoms with van der Waals surface area (Å²) < 4.78 is 40.7. The van der Waals surface area contributed by atoms with Gasteiger partial charge in [0.1, 0.15) is 5.56 Å².